The van der Waals surface area contributed by atoms with E-state index in [1.807, 2.05) is 12.1 Å². The van der Waals surface area contributed by atoms with Crippen LogP contribution in [0.3, 0.4) is 0 Å². The Hall–Kier alpha value is -4.26. The highest BCUT2D eigenvalue weighted by molar-refractivity contribution is 6.02. The smallest absolute Gasteiger partial charge is 0.247 e. The number of piperidine rings is 1. The molecular weight excluding hydrogens is 599 g/mol. The predicted octanol–water partition coefficient (Wildman–Crippen LogP) is 5.37. The van der Waals surface area contributed by atoms with Gasteiger partial charge in [-0.1, -0.05) is 18.7 Å². The molecule has 3 aromatic rings. The number of carbonyl (C=O) groups excluding carboxylic acids is 1. The molecule has 0 radical (unpaired) electrons. The van der Waals surface area contributed by atoms with Crippen molar-refractivity contribution < 1.29 is 18.8 Å². The average molecular weight is 645 g/mol. The topological polar surface area (TPSA) is 98.3 Å². The van der Waals surface area contributed by atoms with Gasteiger partial charge in [-0.15, -0.1) is 0 Å². The summed E-state index contributed by atoms with van der Waals surface area (Å²) in [6.45, 7) is 14.9. The number of nitrogens with zero attached hydrogens (tertiary/aromatic N) is 6. The van der Waals surface area contributed by atoms with E-state index in [1.165, 1.54) is 24.5 Å². The maximum Gasteiger partial charge on any atom is 0.247 e. The van der Waals surface area contributed by atoms with Crippen LogP contribution in [0.5, 0.6) is 5.75 Å². The number of rotatable bonds is 10. The molecule has 2 N–H and O–H groups in total. The molecule has 0 aliphatic carbocycles. The fourth-order valence-corrected chi connectivity index (χ4v) is 6.83. The van der Waals surface area contributed by atoms with E-state index < -0.39 is 0 Å². The maximum absolute atomic E-state index is 13.6. The van der Waals surface area contributed by atoms with Crippen LogP contribution in [0.2, 0.25) is 0 Å². The molecule has 0 bridgehead atoms. The third-order valence-electron chi connectivity index (χ3n) is 9.46. The lowest BCUT2D eigenvalue weighted by Gasteiger charge is -2.44. The molecule has 11 nitrogen and oxygen atoms in total. The third kappa shape index (κ3) is 7.50. The van der Waals surface area contributed by atoms with E-state index in [4.69, 9.17) is 9.57 Å². The summed E-state index contributed by atoms with van der Waals surface area (Å²) in [4.78, 5) is 34.9. The van der Waals surface area contributed by atoms with Crippen LogP contribution < -0.4 is 25.3 Å². The maximum atomic E-state index is 13.6. The number of benzene rings is 2. The molecule has 3 saturated heterocycles. The van der Waals surface area contributed by atoms with Crippen molar-refractivity contribution in [1.29, 1.82) is 0 Å². The Morgan fingerprint density at radius 2 is 1.77 bits per heavy atom. The van der Waals surface area contributed by atoms with Gasteiger partial charge in [-0.25, -0.2) is 19.4 Å². The number of amides is 1. The van der Waals surface area contributed by atoms with Gasteiger partial charge in [0.2, 0.25) is 5.91 Å². The lowest BCUT2D eigenvalue weighted by atomic mass is 10.0. The molecule has 4 heterocycles. The van der Waals surface area contributed by atoms with Crippen molar-refractivity contribution in [3.8, 4) is 5.75 Å². The van der Waals surface area contributed by atoms with Gasteiger partial charge >= 0.3 is 0 Å². The number of piperazine rings is 1. The van der Waals surface area contributed by atoms with Crippen LogP contribution in [0.25, 0.3) is 0 Å². The van der Waals surface area contributed by atoms with Crippen molar-refractivity contribution in [1.82, 2.24) is 19.8 Å². The van der Waals surface area contributed by atoms with Gasteiger partial charge in [-0.2, -0.15) is 0 Å². The molecule has 1 amide bonds. The van der Waals surface area contributed by atoms with Gasteiger partial charge in [0.1, 0.15) is 23.7 Å². The Morgan fingerprint density at radius 3 is 2.45 bits per heavy atom. The highest BCUT2D eigenvalue weighted by Gasteiger charge is 2.31. The number of halogens is 1. The first-order valence-corrected chi connectivity index (χ1v) is 16.5. The van der Waals surface area contributed by atoms with E-state index in [-0.39, 0.29) is 17.8 Å². The standard InChI is InChI=1S/C35H45FN8O3/c1-5-35(45)40-28-20-29(39-33-22-34(38-23-37-33)44-30(12-19-47-44)25-6-8-26(36)9-7-25)32(46-4)21-31(28)43-13-10-27(11-14-43)42-17-15-41(16-18-42)24(2)3/h5-9,20-24,27,30H,1,10-19H2,2-4H3,(H,40,45)(H,37,38,39)/t30-/m1/s1. The van der Waals surface area contributed by atoms with Crippen LogP contribution in [0, 0.1) is 5.82 Å². The number of hydrogen-bond donors (Lipinski definition) is 2. The summed E-state index contributed by atoms with van der Waals surface area (Å²) in [6, 6.07) is 13.1. The lowest BCUT2D eigenvalue weighted by molar-refractivity contribution is -0.111. The first-order valence-electron chi connectivity index (χ1n) is 16.5. The minimum atomic E-state index is -0.289. The number of carbonyl (C=O) groups is 1. The zero-order chi connectivity index (χ0) is 32.9. The second-order valence-corrected chi connectivity index (χ2v) is 12.5. The van der Waals surface area contributed by atoms with Crippen LogP contribution in [-0.2, 0) is 9.63 Å². The van der Waals surface area contributed by atoms with Gasteiger partial charge in [0, 0.05) is 69.9 Å². The minimum absolute atomic E-state index is 0.110. The van der Waals surface area contributed by atoms with E-state index >= 15 is 0 Å². The second kappa shape index (κ2) is 14.7. The van der Waals surface area contributed by atoms with Gasteiger partial charge in [0.25, 0.3) is 0 Å². The highest BCUT2D eigenvalue weighted by atomic mass is 19.1. The van der Waals surface area contributed by atoms with Crippen molar-refractivity contribution in [2.24, 2.45) is 0 Å². The summed E-state index contributed by atoms with van der Waals surface area (Å²) >= 11 is 0. The summed E-state index contributed by atoms with van der Waals surface area (Å²) in [7, 11) is 1.63. The van der Waals surface area contributed by atoms with Crippen LogP contribution in [0.1, 0.15) is 44.7 Å². The molecule has 3 aliphatic rings. The van der Waals surface area contributed by atoms with Gasteiger partial charge in [-0.05, 0) is 56.5 Å². The molecule has 1 atom stereocenters. The molecule has 0 spiro atoms. The quantitative estimate of drug-likeness (QED) is 0.281. The van der Waals surface area contributed by atoms with Gasteiger partial charge in [0.05, 0.1) is 36.8 Å². The highest BCUT2D eigenvalue weighted by Crippen LogP contribution is 2.40. The number of methoxy groups -OCH3 is 1. The van der Waals surface area contributed by atoms with Crippen molar-refractivity contribution in [2.45, 2.75) is 51.2 Å². The van der Waals surface area contributed by atoms with Gasteiger partial charge in [-0.3, -0.25) is 19.4 Å². The van der Waals surface area contributed by atoms with E-state index in [0.29, 0.717) is 47.5 Å². The van der Waals surface area contributed by atoms with E-state index in [2.05, 4.69) is 55.7 Å². The molecular formula is C35H45FN8O3. The summed E-state index contributed by atoms with van der Waals surface area (Å²) in [6.07, 6.45) is 5.59. The Labute approximate surface area is 276 Å². The average Bonchev–Trinajstić information content (AvgIpc) is 3.59. The molecule has 0 saturated carbocycles. The Morgan fingerprint density at radius 1 is 1.02 bits per heavy atom. The Kier molecular flexibility index (Phi) is 10.2. The normalized spacial score (nSPS) is 19.6. The molecule has 1 aromatic heterocycles. The number of hydrogen-bond acceptors (Lipinski definition) is 10. The monoisotopic (exact) mass is 644 g/mol. The number of ether oxygens (including phenoxy) is 1. The van der Waals surface area contributed by atoms with Crippen molar-refractivity contribution in [3.05, 3.63) is 72.8 Å². The number of aromatic nitrogens is 2. The van der Waals surface area contributed by atoms with Gasteiger partial charge in [0.15, 0.2) is 5.82 Å². The summed E-state index contributed by atoms with van der Waals surface area (Å²) < 4.78 is 19.4. The largest absolute Gasteiger partial charge is 0.494 e. The molecule has 12 heteroatoms. The summed E-state index contributed by atoms with van der Waals surface area (Å²) in [5.74, 6) is 1.14. The van der Waals surface area contributed by atoms with Crippen molar-refractivity contribution >= 4 is 34.6 Å². The SMILES string of the molecule is C=CC(=O)Nc1cc(Nc2cc(N3OCC[C@@H]3c3ccc(F)cc3)ncn2)c(OC)cc1N1CCC(N2CCN(C(C)C)CC2)CC1. The Balaban J connectivity index is 1.19. The summed E-state index contributed by atoms with van der Waals surface area (Å²) in [5.41, 5.74) is 3.14. The lowest BCUT2D eigenvalue weighted by Crippen LogP contribution is -2.54. The molecule has 3 aliphatic heterocycles. The zero-order valence-corrected chi connectivity index (χ0v) is 27.5. The molecule has 3 fully saturated rings. The van der Waals surface area contributed by atoms with E-state index in [0.717, 1.165) is 69.8 Å². The van der Waals surface area contributed by atoms with E-state index in [1.54, 1.807) is 30.4 Å². The van der Waals surface area contributed by atoms with Crippen molar-refractivity contribution in [3.63, 3.8) is 0 Å². The second-order valence-electron chi connectivity index (χ2n) is 12.5. The first-order chi connectivity index (χ1) is 22.8. The number of anilines is 5. The van der Waals surface area contributed by atoms with E-state index in [9.17, 15) is 9.18 Å². The number of hydroxylamine groups is 1. The van der Waals surface area contributed by atoms with Crippen LogP contribution in [0.4, 0.5) is 33.1 Å². The molecule has 6 rings (SSSR count). The fourth-order valence-electron chi connectivity index (χ4n) is 6.83. The molecule has 0 unspecified atom stereocenters. The minimum Gasteiger partial charge on any atom is -0.494 e. The molecule has 250 valence electrons. The molecule has 2 aromatic carbocycles. The van der Waals surface area contributed by atoms with Gasteiger partial charge < -0.3 is 20.3 Å². The predicted molar refractivity (Wildman–Crippen MR) is 183 cm³/mol. The summed E-state index contributed by atoms with van der Waals surface area (Å²) in [5, 5.41) is 8.11. The van der Waals surface area contributed by atoms with Crippen LogP contribution in [-0.4, -0.2) is 90.7 Å². The third-order valence-corrected chi connectivity index (χ3v) is 9.46. The zero-order valence-electron chi connectivity index (χ0n) is 27.5. The fraction of sp³-hybridized carbons (Fsp3) is 0.457. The van der Waals surface area contributed by atoms with Crippen LogP contribution in [0.15, 0.2) is 61.4 Å². The number of nitrogens with one attached hydrogen (secondary N) is 2. The molecule has 47 heavy (non-hydrogen) atoms. The van der Waals surface area contributed by atoms with Crippen molar-refractivity contribution in [2.75, 3.05) is 73.6 Å². The Bertz CT molecular complexity index is 1540. The van der Waals surface area contributed by atoms with Crippen LogP contribution >= 0.6 is 0 Å². The first kappa shape index (κ1) is 32.7.